The zero-order valence-corrected chi connectivity index (χ0v) is 12.4. The number of methoxy groups -OCH3 is 1. The third-order valence-electron chi connectivity index (χ3n) is 2.42. The monoisotopic (exact) mass is 326 g/mol. The summed E-state index contributed by atoms with van der Waals surface area (Å²) in [6, 6.07) is 4.55. The second-order valence-electron chi connectivity index (χ2n) is 3.87. The highest BCUT2D eigenvalue weighted by molar-refractivity contribution is 8.01. The zero-order chi connectivity index (χ0) is 15.4. The Labute approximate surface area is 127 Å². The number of aliphatic carboxylic acids is 1. The molecule has 0 fully saturated rings. The van der Waals surface area contributed by atoms with Gasteiger partial charge in [-0.05, 0) is 12.1 Å². The van der Waals surface area contributed by atoms with Crippen LogP contribution in [0.3, 0.4) is 0 Å². The van der Waals surface area contributed by atoms with E-state index in [2.05, 4.69) is 4.98 Å². The summed E-state index contributed by atoms with van der Waals surface area (Å²) in [6.07, 6.45) is -0.165. The average molecular weight is 326 g/mol. The van der Waals surface area contributed by atoms with E-state index in [9.17, 15) is 14.9 Å². The molecule has 21 heavy (non-hydrogen) atoms. The second-order valence-corrected chi connectivity index (χ2v) is 6.02. The summed E-state index contributed by atoms with van der Waals surface area (Å²) in [5.74, 6) is -0.566. The maximum Gasteiger partial charge on any atom is 0.309 e. The van der Waals surface area contributed by atoms with Gasteiger partial charge in [-0.2, -0.15) is 0 Å². The van der Waals surface area contributed by atoms with E-state index >= 15 is 0 Å². The van der Waals surface area contributed by atoms with Gasteiger partial charge < -0.3 is 9.84 Å². The van der Waals surface area contributed by atoms with Crippen LogP contribution in [0.5, 0.6) is 5.75 Å². The van der Waals surface area contributed by atoms with Gasteiger partial charge in [-0.3, -0.25) is 14.9 Å². The topological polar surface area (TPSA) is 103 Å². The third-order valence-corrected chi connectivity index (χ3v) is 4.48. The Hall–Kier alpha value is -2.13. The maximum absolute atomic E-state index is 11.1. The lowest BCUT2D eigenvalue weighted by Crippen LogP contribution is -1.99. The van der Waals surface area contributed by atoms with Crippen molar-refractivity contribution in [3.63, 3.8) is 0 Å². The molecular weight excluding hydrogens is 316 g/mol. The number of rotatable bonds is 6. The molecular formula is C12H10N2O5S2. The van der Waals surface area contributed by atoms with Crippen LogP contribution < -0.4 is 4.74 Å². The van der Waals surface area contributed by atoms with Crippen LogP contribution in [0.25, 0.3) is 0 Å². The summed E-state index contributed by atoms with van der Waals surface area (Å²) >= 11 is 2.38. The van der Waals surface area contributed by atoms with Gasteiger partial charge >= 0.3 is 5.97 Å². The van der Waals surface area contributed by atoms with Gasteiger partial charge in [0.15, 0.2) is 4.34 Å². The van der Waals surface area contributed by atoms with Gasteiger partial charge in [-0.25, -0.2) is 4.98 Å². The van der Waals surface area contributed by atoms with Crippen LogP contribution in [0.2, 0.25) is 0 Å². The van der Waals surface area contributed by atoms with Gasteiger partial charge in [-0.1, -0.05) is 11.8 Å². The second kappa shape index (κ2) is 6.55. The molecule has 1 aromatic heterocycles. The van der Waals surface area contributed by atoms with Crippen molar-refractivity contribution in [1.82, 2.24) is 4.98 Å². The zero-order valence-electron chi connectivity index (χ0n) is 10.8. The number of nitro benzene ring substituents is 1. The Bertz CT molecular complexity index is 686. The number of carboxylic acids is 1. The minimum atomic E-state index is -0.965. The highest BCUT2D eigenvalue weighted by Gasteiger charge is 2.18. The van der Waals surface area contributed by atoms with E-state index in [0.29, 0.717) is 20.7 Å². The van der Waals surface area contributed by atoms with E-state index in [0.717, 1.165) is 11.8 Å². The van der Waals surface area contributed by atoms with Crippen molar-refractivity contribution in [2.75, 3.05) is 7.11 Å². The number of carboxylic acid groups (broad SMARTS) is 1. The first-order chi connectivity index (χ1) is 9.99. The lowest BCUT2D eigenvalue weighted by Gasteiger charge is -2.03. The standard InChI is InChI=1S/C12H10N2O5S2/c1-19-8-2-3-10(9(5-8)14(17)18)21-12-13-7(6-20-12)4-11(15)16/h2-3,5-6H,4H2,1H3,(H,15,16). The van der Waals surface area contributed by atoms with Gasteiger partial charge in [0.1, 0.15) is 5.75 Å². The molecule has 0 saturated heterocycles. The molecule has 0 saturated carbocycles. The molecule has 9 heteroatoms. The molecule has 0 radical (unpaired) electrons. The van der Waals surface area contributed by atoms with Crippen molar-refractivity contribution in [1.29, 1.82) is 0 Å². The maximum atomic E-state index is 11.1. The number of ether oxygens (including phenoxy) is 1. The van der Waals surface area contributed by atoms with Crippen molar-refractivity contribution < 1.29 is 19.6 Å². The largest absolute Gasteiger partial charge is 0.497 e. The summed E-state index contributed by atoms with van der Waals surface area (Å²) in [4.78, 5) is 25.8. The Kier molecular flexibility index (Phi) is 4.76. The number of aromatic nitrogens is 1. The van der Waals surface area contributed by atoms with Crippen LogP contribution in [0.1, 0.15) is 5.69 Å². The molecule has 2 rings (SSSR count). The number of thiazole rings is 1. The van der Waals surface area contributed by atoms with Gasteiger partial charge in [-0.15, -0.1) is 11.3 Å². The van der Waals surface area contributed by atoms with E-state index in [1.807, 2.05) is 0 Å². The minimum Gasteiger partial charge on any atom is -0.497 e. The Morgan fingerprint density at radius 3 is 2.95 bits per heavy atom. The molecule has 0 aliphatic heterocycles. The van der Waals surface area contributed by atoms with Gasteiger partial charge in [0.05, 0.1) is 35.1 Å². The molecule has 0 aliphatic carbocycles. The molecule has 1 N–H and O–H groups in total. The van der Waals surface area contributed by atoms with Gasteiger partial charge in [0, 0.05) is 5.38 Å². The van der Waals surface area contributed by atoms with Crippen LogP contribution in [0, 0.1) is 10.1 Å². The number of benzene rings is 1. The molecule has 0 atom stereocenters. The summed E-state index contributed by atoms with van der Waals surface area (Å²) < 4.78 is 5.52. The fraction of sp³-hybridized carbons (Fsp3) is 0.167. The van der Waals surface area contributed by atoms with E-state index in [1.165, 1.54) is 24.5 Å². The highest BCUT2D eigenvalue weighted by Crippen LogP contribution is 2.38. The summed E-state index contributed by atoms with van der Waals surface area (Å²) in [7, 11) is 1.44. The third kappa shape index (κ3) is 3.92. The molecule has 1 aromatic carbocycles. The molecule has 7 nitrogen and oxygen atoms in total. The molecule has 2 aromatic rings. The molecule has 0 spiro atoms. The Morgan fingerprint density at radius 2 is 2.33 bits per heavy atom. The molecule has 0 bridgehead atoms. The van der Waals surface area contributed by atoms with E-state index in [-0.39, 0.29) is 12.1 Å². The van der Waals surface area contributed by atoms with Crippen LogP contribution in [0.4, 0.5) is 5.69 Å². The molecule has 0 amide bonds. The Balaban J connectivity index is 2.24. The van der Waals surface area contributed by atoms with Crippen molar-refractivity contribution in [2.24, 2.45) is 0 Å². The van der Waals surface area contributed by atoms with E-state index in [4.69, 9.17) is 9.84 Å². The lowest BCUT2D eigenvalue weighted by atomic mass is 10.3. The van der Waals surface area contributed by atoms with Crippen molar-refractivity contribution in [3.05, 3.63) is 39.4 Å². The van der Waals surface area contributed by atoms with Crippen molar-refractivity contribution in [2.45, 2.75) is 15.7 Å². The summed E-state index contributed by atoms with van der Waals surface area (Å²) in [5, 5.41) is 21.4. The normalized spacial score (nSPS) is 10.3. The number of carbonyl (C=O) groups is 1. The quantitative estimate of drug-likeness (QED) is 0.643. The predicted molar refractivity (Wildman–Crippen MR) is 77.2 cm³/mol. The summed E-state index contributed by atoms with van der Waals surface area (Å²) in [5.41, 5.74) is 0.362. The SMILES string of the molecule is COc1ccc(Sc2nc(CC(=O)O)cs2)c([N+](=O)[O-])c1. The number of hydrogen-bond acceptors (Lipinski definition) is 7. The molecule has 1 heterocycles. The van der Waals surface area contributed by atoms with Crippen molar-refractivity contribution >= 4 is 34.8 Å². The van der Waals surface area contributed by atoms with Crippen LogP contribution in [-0.4, -0.2) is 28.1 Å². The summed E-state index contributed by atoms with van der Waals surface area (Å²) in [6.45, 7) is 0. The van der Waals surface area contributed by atoms with Crippen LogP contribution in [0.15, 0.2) is 32.8 Å². The minimum absolute atomic E-state index is 0.0747. The van der Waals surface area contributed by atoms with E-state index in [1.54, 1.807) is 17.5 Å². The first kappa shape index (κ1) is 15.3. The fourth-order valence-corrected chi connectivity index (χ4v) is 3.39. The number of nitrogens with zero attached hydrogens (tertiary/aromatic N) is 2. The number of nitro groups is 1. The van der Waals surface area contributed by atoms with Gasteiger partial charge in [0.2, 0.25) is 0 Å². The smallest absolute Gasteiger partial charge is 0.309 e. The predicted octanol–water partition coefficient (Wildman–Crippen LogP) is 2.84. The molecule has 110 valence electrons. The van der Waals surface area contributed by atoms with E-state index < -0.39 is 10.9 Å². The first-order valence-electron chi connectivity index (χ1n) is 5.66. The Morgan fingerprint density at radius 1 is 1.57 bits per heavy atom. The average Bonchev–Trinajstić information content (AvgIpc) is 2.85. The van der Waals surface area contributed by atoms with Crippen LogP contribution >= 0.6 is 23.1 Å². The first-order valence-corrected chi connectivity index (χ1v) is 7.35. The molecule has 0 unspecified atom stereocenters. The van der Waals surface area contributed by atoms with Gasteiger partial charge in [0.25, 0.3) is 5.69 Å². The van der Waals surface area contributed by atoms with Crippen LogP contribution in [-0.2, 0) is 11.2 Å². The van der Waals surface area contributed by atoms with Crippen molar-refractivity contribution in [3.8, 4) is 5.75 Å². The highest BCUT2D eigenvalue weighted by atomic mass is 32.2. The fourth-order valence-electron chi connectivity index (χ4n) is 1.52. The molecule has 0 aliphatic rings. The lowest BCUT2D eigenvalue weighted by molar-refractivity contribution is -0.387. The number of hydrogen-bond donors (Lipinski definition) is 1.